The summed E-state index contributed by atoms with van der Waals surface area (Å²) in [7, 11) is -2.70. The maximum Gasteiger partial charge on any atom is 0.179 e. The number of para-hydroxylation sites is 4. The Kier molecular flexibility index (Phi) is 7.25. The molecule has 2 aromatic heterocycles. The van der Waals surface area contributed by atoms with Crippen molar-refractivity contribution < 1.29 is 4.74 Å². The third-order valence-electron chi connectivity index (χ3n) is 12.2. The molecule has 0 spiro atoms. The molecule has 0 amide bonds. The summed E-state index contributed by atoms with van der Waals surface area (Å²) >= 11 is 0. The molecule has 0 bridgehead atoms. The quantitative estimate of drug-likeness (QED) is 0.122. The number of hydrogen-bond donors (Lipinski definition) is 0. The van der Waals surface area contributed by atoms with E-state index in [-0.39, 0.29) is 0 Å². The van der Waals surface area contributed by atoms with Crippen LogP contribution in [0.15, 0.2) is 218 Å². The minimum Gasteiger partial charge on any atom is -0.453 e. The predicted molar refractivity (Wildman–Crippen MR) is 244 cm³/mol. The first-order chi connectivity index (χ1) is 28.8. The van der Waals surface area contributed by atoms with E-state index in [9.17, 15) is 0 Å². The number of rotatable bonds is 6. The van der Waals surface area contributed by atoms with Crippen LogP contribution in [0.4, 0.5) is 0 Å². The van der Waals surface area contributed by atoms with E-state index in [2.05, 4.69) is 221 Å². The van der Waals surface area contributed by atoms with Crippen LogP contribution in [-0.2, 0) is 0 Å². The molecule has 0 N–H and O–H groups in total. The van der Waals surface area contributed by atoms with Crippen LogP contribution in [0.1, 0.15) is 0 Å². The monoisotopic (exact) mass is 756 g/mol. The molecule has 9 aromatic carbocycles. The molecule has 0 unspecified atom stereocenters. The van der Waals surface area contributed by atoms with Gasteiger partial charge in [-0.2, -0.15) is 0 Å². The van der Waals surface area contributed by atoms with Gasteiger partial charge < -0.3 is 13.9 Å². The molecular formula is C54H36N2OSi. The molecule has 0 atom stereocenters. The average Bonchev–Trinajstić information content (AvgIpc) is 3.81. The highest BCUT2D eigenvalue weighted by Crippen LogP contribution is 2.47. The first-order valence-electron chi connectivity index (χ1n) is 19.9. The number of benzene rings is 9. The standard InChI is InChI=1S/C54H36N2OSi/c1-4-16-40(17-5-1)58(41-18-6-2-7-19-41,42-20-8-3-9-21-42)43-32-33-50-46(36-43)44-22-10-12-24-48(44)55(50)39-30-28-37(29-31-39)38-34-47-45-23-11-13-25-49(45)56-51-26-14-15-27-52(51)57-53(35-38)54(47)56/h1-36H. The zero-order valence-corrected chi connectivity index (χ0v) is 32.6. The lowest BCUT2D eigenvalue weighted by atomic mass is 10.0. The van der Waals surface area contributed by atoms with E-state index in [0.29, 0.717) is 0 Å². The van der Waals surface area contributed by atoms with Crippen molar-refractivity contribution >= 4 is 72.4 Å². The molecule has 272 valence electrons. The van der Waals surface area contributed by atoms with Crippen LogP contribution in [0.5, 0.6) is 11.5 Å². The van der Waals surface area contributed by atoms with Crippen molar-refractivity contribution in [1.82, 2.24) is 9.13 Å². The molecule has 58 heavy (non-hydrogen) atoms. The lowest BCUT2D eigenvalue weighted by molar-refractivity contribution is 0.476. The topological polar surface area (TPSA) is 19.1 Å². The molecule has 11 aromatic rings. The van der Waals surface area contributed by atoms with Gasteiger partial charge in [-0.1, -0.05) is 164 Å². The highest BCUT2D eigenvalue weighted by molar-refractivity contribution is 7.20. The van der Waals surface area contributed by atoms with Crippen LogP contribution in [-0.4, -0.2) is 17.2 Å². The van der Waals surface area contributed by atoms with Crippen LogP contribution in [0.3, 0.4) is 0 Å². The summed E-state index contributed by atoms with van der Waals surface area (Å²) in [6.45, 7) is 0. The Morgan fingerprint density at radius 3 is 1.52 bits per heavy atom. The summed E-state index contributed by atoms with van der Waals surface area (Å²) in [4.78, 5) is 0. The maximum atomic E-state index is 6.62. The number of fused-ring (bicyclic) bond motifs is 8. The number of ether oxygens (including phenoxy) is 1. The van der Waals surface area contributed by atoms with Gasteiger partial charge in [-0.15, -0.1) is 0 Å². The molecule has 0 saturated heterocycles. The van der Waals surface area contributed by atoms with Crippen molar-refractivity contribution in [3.63, 3.8) is 0 Å². The van der Waals surface area contributed by atoms with E-state index >= 15 is 0 Å². The lowest BCUT2D eigenvalue weighted by Gasteiger charge is -2.34. The van der Waals surface area contributed by atoms with Crippen molar-refractivity contribution in [3.8, 4) is 34.0 Å². The Hall–Kier alpha value is -7.40. The molecule has 0 saturated carbocycles. The zero-order chi connectivity index (χ0) is 38.2. The lowest BCUT2D eigenvalue weighted by Crippen LogP contribution is -2.74. The Bertz CT molecular complexity index is 3250. The molecular weight excluding hydrogens is 721 g/mol. The first-order valence-corrected chi connectivity index (χ1v) is 21.9. The molecule has 4 heteroatoms. The molecule has 12 rings (SSSR count). The van der Waals surface area contributed by atoms with Gasteiger partial charge in [-0.25, -0.2) is 0 Å². The van der Waals surface area contributed by atoms with Gasteiger partial charge in [0.05, 0.1) is 27.8 Å². The van der Waals surface area contributed by atoms with Crippen molar-refractivity contribution in [2.45, 2.75) is 0 Å². The van der Waals surface area contributed by atoms with Crippen molar-refractivity contribution in [2.75, 3.05) is 0 Å². The van der Waals surface area contributed by atoms with Gasteiger partial charge in [0, 0.05) is 27.2 Å². The van der Waals surface area contributed by atoms with Crippen molar-refractivity contribution in [1.29, 1.82) is 0 Å². The van der Waals surface area contributed by atoms with E-state index < -0.39 is 8.07 Å². The third kappa shape index (κ3) is 4.73. The van der Waals surface area contributed by atoms with Gasteiger partial charge >= 0.3 is 0 Å². The van der Waals surface area contributed by atoms with Crippen LogP contribution < -0.4 is 25.5 Å². The highest BCUT2D eigenvalue weighted by Gasteiger charge is 2.41. The Balaban J connectivity index is 1.02. The SMILES string of the molecule is c1ccc([Si](c2ccccc2)(c2ccccc2)c2ccc3c(c2)c2ccccc2n3-c2ccc(-c3cc4c5c(c3)c3ccccc3n5-c3ccccc3O4)cc2)cc1. The zero-order valence-electron chi connectivity index (χ0n) is 31.6. The summed E-state index contributed by atoms with van der Waals surface area (Å²) in [5.74, 6) is 1.75. The van der Waals surface area contributed by atoms with E-state index in [0.717, 1.165) is 39.5 Å². The summed E-state index contributed by atoms with van der Waals surface area (Å²) in [5, 5.41) is 10.4. The summed E-state index contributed by atoms with van der Waals surface area (Å²) < 4.78 is 11.4. The number of hydrogen-bond acceptors (Lipinski definition) is 1. The Morgan fingerprint density at radius 1 is 0.328 bits per heavy atom. The van der Waals surface area contributed by atoms with Crippen molar-refractivity contribution in [3.05, 3.63) is 218 Å². The van der Waals surface area contributed by atoms with Crippen molar-refractivity contribution in [2.24, 2.45) is 0 Å². The molecule has 3 nitrogen and oxygen atoms in total. The Labute approximate surface area is 337 Å². The van der Waals surface area contributed by atoms with Crippen LogP contribution in [0, 0.1) is 0 Å². The molecule has 1 aliphatic heterocycles. The molecule has 0 radical (unpaired) electrons. The average molecular weight is 757 g/mol. The second kappa shape index (κ2) is 12.8. The molecule has 0 aliphatic carbocycles. The smallest absolute Gasteiger partial charge is 0.179 e. The van der Waals surface area contributed by atoms with Gasteiger partial charge in [0.15, 0.2) is 19.6 Å². The molecule has 3 heterocycles. The van der Waals surface area contributed by atoms with Crippen LogP contribution >= 0.6 is 0 Å². The summed E-state index contributed by atoms with van der Waals surface area (Å²) in [6.07, 6.45) is 0. The van der Waals surface area contributed by atoms with Gasteiger partial charge in [0.1, 0.15) is 0 Å². The van der Waals surface area contributed by atoms with E-state index in [1.165, 1.54) is 58.8 Å². The second-order valence-electron chi connectivity index (χ2n) is 15.3. The molecule has 1 aliphatic rings. The maximum absolute atomic E-state index is 6.62. The van der Waals surface area contributed by atoms with Gasteiger partial charge in [-0.3, -0.25) is 0 Å². The van der Waals surface area contributed by atoms with E-state index in [1.807, 2.05) is 6.07 Å². The summed E-state index contributed by atoms with van der Waals surface area (Å²) in [6, 6.07) is 80.2. The molecule has 0 fully saturated rings. The summed E-state index contributed by atoms with van der Waals surface area (Å²) in [5.41, 5.74) is 9.17. The number of aromatic nitrogens is 2. The fraction of sp³-hybridized carbons (Fsp3) is 0. The minimum atomic E-state index is -2.70. The highest BCUT2D eigenvalue weighted by atomic mass is 28.3. The predicted octanol–water partition coefficient (Wildman–Crippen LogP) is 11.0. The first kappa shape index (κ1) is 32.8. The van der Waals surface area contributed by atoms with E-state index in [1.54, 1.807) is 0 Å². The number of nitrogens with zero attached hydrogens (tertiary/aromatic N) is 2. The largest absolute Gasteiger partial charge is 0.453 e. The van der Waals surface area contributed by atoms with Crippen LogP contribution in [0.2, 0.25) is 0 Å². The van der Waals surface area contributed by atoms with Gasteiger partial charge in [0.2, 0.25) is 0 Å². The third-order valence-corrected chi connectivity index (χ3v) is 17.0. The Morgan fingerprint density at radius 2 is 0.862 bits per heavy atom. The van der Waals surface area contributed by atoms with E-state index in [4.69, 9.17) is 4.74 Å². The fourth-order valence-electron chi connectivity index (χ4n) is 9.75. The fourth-order valence-corrected chi connectivity index (χ4v) is 14.5. The normalized spacial score (nSPS) is 12.3. The second-order valence-corrected chi connectivity index (χ2v) is 19.1. The van der Waals surface area contributed by atoms with Gasteiger partial charge in [-0.05, 0) is 86.5 Å². The van der Waals surface area contributed by atoms with Gasteiger partial charge in [0.25, 0.3) is 0 Å². The van der Waals surface area contributed by atoms with Crippen LogP contribution in [0.25, 0.3) is 66.1 Å². The minimum absolute atomic E-state index is 0.871.